The van der Waals surface area contributed by atoms with Gasteiger partial charge in [-0.15, -0.1) is 0 Å². The number of sulfonamides is 1. The highest BCUT2D eigenvalue weighted by Gasteiger charge is 2.22. The molecule has 1 unspecified atom stereocenters. The van der Waals surface area contributed by atoms with Gasteiger partial charge >= 0.3 is 0 Å². The lowest BCUT2D eigenvalue weighted by atomic mass is 10.1. The predicted molar refractivity (Wildman–Crippen MR) is 71.7 cm³/mol. The van der Waals surface area contributed by atoms with Crippen LogP contribution in [-0.2, 0) is 10.0 Å². The maximum atomic E-state index is 13.5. The maximum Gasteiger partial charge on any atom is 0.243 e. The molecule has 0 saturated carbocycles. The highest BCUT2D eigenvalue weighted by Crippen LogP contribution is 2.19. The Hall–Kier alpha value is -1.05. The van der Waals surface area contributed by atoms with Crippen LogP contribution < -0.4 is 4.72 Å². The number of aliphatic hydroxyl groups excluding tert-OH is 1. The van der Waals surface area contributed by atoms with Crippen LogP contribution in [0.3, 0.4) is 0 Å². The lowest BCUT2D eigenvalue weighted by Crippen LogP contribution is -2.33. The van der Waals surface area contributed by atoms with Crippen LogP contribution in [0.4, 0.5) is 8.78 Å². The van der Waals surface area contributed by atoms with Gasteiger partial charge < -0.3 is 5.11 Å². The molecule has 114 valence electrons. The second kappa shape index (κ2) is 6.60. The van der Waals surface area contributed by atoms with Crippen molar-refractivity contribution in [1.29, 1.82) is 0 Å². The summed E-state index contributed by atoms with van der Waals surface area (Å²) in [6, 6.07) is 1.47. The van der Waals surface area contributed by atoms with Gasteiger partial charge in [-0.3, -0.25) is 0 Å². The van der Waals surface area contributed by atoms with Crippen molar-refractivity contribution < 1.29 is 22.3 Å². The van der Waals surface area contributed by atoms with Gasteiger partial charge in [0, 0.05) is 12.6 Å². The highest BCUT2D eigenvalue weighted by molar-refractivity contribution is 7.89. The number of hydrogen-bond acceptors (Lipinski definition) is 3. The fourth-order valence-corrected chi connectivity index (χ4v) is 2.96. The monoisotopic (exact) mass is 307 g/mol. The van der Waals surface area contributed by atoms with Crippen molar-refractivity contribution in [1.82, 2.24) is 4.72 Å². The summed E-state index contributed by atoms with van der Waals surface area (Å²) in [4.78, 5) is -0.617. The summed E-state index contributed by atoms with van der Waals surface area (Å²) in [6.07, 6.45) is -0.428. The third-order valence-corrected chi connectivity index (χ3v) is 4.19. The average molecular weight is 307 g/mol. The summed E-state index contributed by atoms with van der Waals surface area (Å²) in [7, 11) is -4.11. The van der Waals surface area contributed by atoms with E-state index in [1.165, 1.54) is 6.92 Å². The average Bonchev–Trinajstić information content (AvgIpc) is 2.30. The molecule has 0 bridgehead atoms. The number of rotatable bonds is 6. The number of nitrogens with one attached hydrogen (secondary N) is 1. The first-order valence-electron chi connectivity index (χ1n) is 6.27. The van der Waals surface area contributed by atoms with Crippen LogP contribution in [-0.4, -0.2) is 26.2 Å². The van der Waals surface area contributed by atoms with E-state index in [0.29, 0.717) is 12.5 Å². The fraction of sp³-hybridized carbons (Fsp3) is 0.538. The zero-order valence-corrected chi connectivity index (χ0v) is 12.5. The zero-order chi connectivity index (χ0) is 15.5. The molecular formula is C13H19F2NO3S. The summed E-state index contributed by atoms with van der Waals surface area (Å²) in [5.41, 5.74) is 0.0366. The van der Waals surface area contributed by atoms with Crippen molar-refractivity contribution in [3.8, 4) is 0 Å². The van der Waals surface area contributed by atoms with Crippen molar-refractivity contribution in [2.24, 2.45) is 5.92 Å². The Morgan fingerprint density at radius 2 is 1.85 bits per heavy atom. The summed E-state index contributed by atoms with van der Waals surface area (Å²) >= 11 is 0. The number of aliphatic hydroxyl groups is 1. The Labute approximate surface area is 117 Å². The molecule has 0 radical (unpaired) electrons. The molecule has 1 rings (SSSR count). The molecule has 20 heavy (non-hydrogen) atoms. The molecule has 0 aliphatic rings. The van der Waals surface area contributed by atoms with Gasteiger partial charge in [-0.05, 0) is 30.9 Å². The van der Waals surface area contributed by atoms with E-state index in [1.54, 1.807) is 0 Å². The smallest absolute Gasteiger partial charge is 0.243 e. The number of aryl methyl sites for hydroxylation is 1. The largest absolute Gasteiger partial charge is 0.392 e. The van der Waals surface area contributed by atoms with Crippen LogP contribution in [0.25, 0.3) is 0 Å². The van der Waals surface area contributed by atoms with Gasteiger partial charge in [-0.2, -0.15) is 0 Å². The van der Waals surface area contributed by atoms with Crippen LogP contribution in [0.5, 0.6) is 0 Å². The van der Waals surface area contributed by atoms with Gasteiger partial charge in [-0.1, -0.05) is 13.8 Å². The molecule has 0 heterocycles. The highest BCUT2D eigenvalue weighted by atomic mass is 32.2. The minimum absolute atomic E-state index is 0.0366. The Kier molecular flexibility index (Phi) is 5.61. The molecule has 0 fully saturated rings. The number of hydrogen-bond donors (Lipinski definition) is 2. The lowest BCUT2D eigenvalue weighted by Gasteiger charge is -2.14. The Bertz CT molecular complexity index is 573. The summed E-state index contributed by atoms with van der Waals surface area (Å²) in [6.45, 7) is 4.92. The normalized spacial score (nSPS) is 13.8. The van der Waals surface area contributed by atoms with E-state index in [4.69, 9.17) is 0 Å². The van der Waals surface area contributed by atoms with Crippen molar-refractivity contribution >= 4 is 10.0 Å². The van der Waals surface area contributed by atoms with Crippen molar-refractivity contribution in [2.75, 3.05) is 6.54 Å². The summed E-state index contributed by atoms with van der Waals surface area (Å²) in [5, 5.41) is 9.62. The van der Waals surface area contributed by atoms with Crippen LogP contribution in [0.1, 0.15) is 25.8 Å². The molecule has 1 atom stereocenters. The minimum atomic E-state index is -4.11. The molecule has 0 aliphatic carbocycles. The van der Waals surface area contributed by atoms with E-state index in [9.17, 15) is 22.3 Å². The third-order valence-electron chi connectivity index (χ3n) is 2.76. The van der Waals surface area contributed by atoms with Crippen LogP contribution in [0.2, 0.25) is 0 Å². The molecule has 7 heteroatoms. The first kappa shape index (κ1) is 17.0. The first-order valence-corrected chi connectivity index (χ1v) is 7.75. The Balaban J connectivity index is 2.87. The molecule has 1 aromatic carbocycles. The predicted octanol–water partition coefficient (Wildman–Crippen LogP) is 1.96. The topological polar surface area (TPSA) is 66.4 Å². The molecule has 0 aromatic heterocycles. The molecule has 4 nitrogen and oxygen atoms in total. The van der Waals surface area contributed by atoms with E-state index < -0.39 is 32.7 Å². The first-order chi connectivity index (χ1) is 9.13. The summed E-state index contributed by atoms with van der Waals surface area (Å²) in [5.74, 6) is -1.75. The van der Waals surface area contributed by atoms with Gasteiger partial charge in [0.05, 0.1) is 6.10 Å². The second-order valence-corrected chi connectivity index (χ2v) is 6.90. The Morgan fingerprint density at radius 3 is 2.40 bits per heavy atom. The molecule has 1 aromatic rings. The molecule has 0 aliphatic heterocycles. The minimum Gasteiger partial charge on any atom is -0.392 e. The van der Waals surface area contributed by atoms with Gasteiger partial charge in [0.2, 0.25) is 10.0 Å². The van der Waals surface area contributed by atoms with Crippen molar-refractivity contribution in [2.45, 2.75) is 38.2 Å². The van der Waals surface area contributed by atoms with Crippen molar-refractivity contribution in [3.63, 3.8) is 0 Å². The third kappa shape index (κ3) is 4.50. The van der Waals surface area contributed by atoms with E-state index in [1.807, 2.05) is 13.8 Å². The van der Waals surface area contributed by atoms with E-state index in [0.717, 1.165) is 6.07 Å². The maximum absolute atomic E-state index is 13.5. The van der Waals surface area contributed by atoms with Crippen LogP contribution in [0, 0.1) is 24.5 Å². The second-order valence-electron chi connectivity index (χ2n) is 5.17. The van der Waals surface area contributed by atoms with Gasteiger partial charge in [0.1, 0.15) is 16.5 Å². The molecule has 2 N–H and O–H groups in total. The van der Waals surface area contributed by atoms with Crippen molar-refractivity contribution in [3.05, 3.63) is 29.3 Å². The summed E-state index contributed by atoms with van der Waals surface area (Å²) < 4.78 is 52.6. The van der Waals surface area contributed by atoms with E-state index >= 15 is 0 Å². The van der Waals surface area contributed by atoms with Crippen LogP contribution >= 0.6 is 0 Å². The van der Waals surface area contributed by atoms with E-state index in [-0.39, 0.29) is 18.0 Å². The molecule has 0 saturated heterocycles. The molecule has 0 amide bonds. The quantitative estimate of drug-likeness (QED) is 0.844. The molecule has 0 spiro atoms. The number of halogens is 2. The number of benzene rings is 1. The fourth-order valence-electron chi connectivity index (χ4n) is 1.75. The SMILES string of the molecule is Cc1cc(S(=O)(=O)NCC(O)CC(C)C)c(F)cc1F. The van der Waals surface area contributed by atoms with Gasteiger partial charge in [-0.25, -0.2) is 21.9 Å². The van der Waals surface area contributed by atoms with Crippen LogP contribution in [0.15, 0.2) is 17.0 Å². The zero-order valence-electron chi connectivity index (χ0n) is 11.7. The molecular weight excluding hydrogens is 288 g/mol. The lowest BCUT2D eigenvalue weighted by molar-refractivity contribution is 0.152. The standard InChI is InChI=1S/C13H19F2NO3S/c1-8(2)4-10(17)7-16-20(18,19)13-5-9(3)11(14)6-12(13)15/h5-6,8,10,16-17H,4,7H2,1-3H3. The Morgan fingerprint density at radius 1 is 1.25 bits per heavy atom. The van der Waals surface area contributed by atoms with E-state index in [2.05, 4.69) is 4.72 Å². The van der Waals surface area contributed by atoms with Gasteiger partial charge in [0.25, 0.3) is 0 Å². The van der Waals surface area contributed by atoms with Gasteiger partial charge in [0.15, 0.2) is 0 Å².